The van der Waals surface area contributed by atoms with Gasteiger partial charge in [-0.05, 0) is 38.4 Å². The second-order valence-electron chi connectivity index (χ2n) is 5.66. The Kier molecular flexibility index (Phi) is 5.38. The highest BCUT2D eigenvalue weighted by Gasteiger charge is 2.25. The molecule has 0 saturated carbocycles. The Morgan fingerprint density at radius 1 is 1.27 bits per heavy atom. The number of carbonyl (C=O) groups excluding carboxylic acids is 2. The molecule has 3 N–H and O–H groups in total. The number of hydrogen-bond donors (Lipinski definition) is 3. The van der Waals surface area contributed by atoms with E-state index in [2.05, 4.69) is 22.9 Å². The molecule has 1 aliphatic heterocycles. The first kappa shape index (κ1) is 16.3. The second-order valence-corrected chi connectivity index (χ2v) is 5.66. The molecule has 2 atom stereocenters. The van der Waals surface area contributed by atoms with Crippen LogP contribution in [-0.4, -0.2) is 31.5 Å². The fraction of sp³-hybridized carbons (Fsp3) is 0.500. The van der Waals surface area contributed by atoms with E-state index in [9.17, 15) is 9.59 Å². The fourth-order valence-corrected chi connectivity index (χ4v) is 2.66. The molecule has 6 nitrogen and oxygen atoms in total. The maximum absolute atomic E-state index is 12.5. The number of amides is 2. The van der Waals surface area contributed by atoms with E-state index >= 15 is 0 Å². The van der Waals surface area contributed by atoms with E-state index in [4.69, 9.17) is 4.74 Å². The first-order valence-electron chi connectivity index (χ1n) is 7.49. The minimum Gasteiger partial charge on any atom is -0.497 e. The molecule has 1 aromatic carbocycles. The van der Waals surface area contributed by atoms with Crippen molar-refractivity contribution in [1.29, 1.82) is 0 Å². The van der Waals surface area contributed by atoms with Crippen molar-refractivity contribution in [3.63, 3.8) is 0 Å². The van der Waals surface area contributed by atoms with E-state index in [0.717, 1.165) is 19.4 Å². The molecule has 1 fully saturated rings. The highest BCUT2D eigenvalue weighted by Crippen LogP contribution is 2.28. The zero-order chi connectivity index (χ0) is 16.1. The van der Waals surface area contributed by atoms with Gasteiger partial charge in [-0.25, -0.2) is 0 Å². The van der Waals surface area contributed by atoms with Crippen molar-refractivity contribution < 1.29 is 14.3 Å². The maximum atomic E-state index is 12.5. The first-order valence-corrected chi connectivity index (χ1v) is 7.49. The summed E-state index contributed by atoms with van der Waals surface area (Å²) >= 11 is 0. The molecule has 2 rings (SSSR count). The first-order chi connectivity index (χ1) is 10.5. The van der Waals surface area contributed by atoms with Gasteiger partial charge in [0.15, 0.2) is 0 Å². The number of nitrogens with one attached hydrogen (secondary N) is 3. The third kappa shape index (κ3) is 4.21. The lowest BCUT2D eigenvalue weighted by atomic mass is 9.92. The van der Waals surface area contributed by atoms with E-state index in [-0.39, 0.29) is 17.7 Å². The van der Waals surface area contributed by atoms with Gasteiger partial charge in [0.05, 0.1) is 18.5 Å². The van der Waals surface area contributed by atoms with Gasteiger partial charge in [0.2, 0.25) is 11.8 Å². The maximum Gasteiger partial charge on any atom is 0.227 e. The molecular weight excluding hydrogens is 282 g/mol. The summed E-state index contributed by atoms with van der Waals surface area (Å²) in [5.41, 5.74) is 1.13. The van der Waals surface area contributed by atoms with Crippen LogP contribution < -0.4 is 20.7 Å². The average molecular weight is 305 g/mol. The summed E-state index contributed by atoms with van der Waals surface area (Å²) in [4.78, 5) is 23.7. The van der Waals surface area contributed by atoms with Crippen molar-refractivity contribution in [2.45, 2.75) is 32.7 Å². The van der Waals surface area contributed by atoms with Crippen molar-refractivity contribution in [1.82, 2.24) is 5.32 Å². The molecule has 6 heteroatoms. The van der Waals surface area contributed by atoms with Crippen LogP contribution in [0.3, 0.4) is 0 Å². The lowest BCUT2D eigenvalue weighted by Crippen LogP contribution is -2.40. The van der Waals surface area contributed by atoms with Crippen LogP contribution in [0.15, 0.2) is 18.2 Å². The Hall–Kier alpha value is -2.08. The molecule has 0 bridgehead atoms. The molecule has 22 heavy (non-hydrogen) atoms. The molecule has 2 amide bonds. The normalized spacial score (nSPS) is 21.0. The van der Waals surface area contributed by atoms with E-state index in [1.54, 1.807) is 25.3 Å². The van der Waals surface area contributed by atoms with Crippen molar-refractivity contribution in [3.8, 4) is 5.75 Å². The van der Waals surface area contributed by atoms with Gasteiger partial charge in [-0.1, -0.05) is 0 Å². The molecule has 0 spiro atoms. The number of anilines is 2. The topological polar surface area (TPSA) is 79.5 Å². The quantitative estimate of drug-likeness (QED) is 0.794. The molecule has 0 radical (unpaired) electrons. The molecular formula is C16H23N3O3. The largest absolute Gasteiger partial charge is 0.497 e. The van der Waals surface area contributed by atoms with Gasteiger partial charge in [-0.15, -0.1) is 0 Å². The number of rotatable bonds is 4. The Labute approximate surface area is 130 Å². The molecule has 0 unspecified atom stereocenters. The Morgan fingerprint density at radius 2 is 2.05 bits per heavy atom. The number of methoxy groups -OCH3 is 1. The van der Waals surface area contributed by atoms with Crippen LogP contribution in [0.25, 0.3) is 0 Å². The highest BCUT2D eigenvalue weighted by atomic mass is 16.5. The Balaban J connectivity index is 2.15. The summed E-state index contributed by atoms with van der Waals surface area (Å²) in [6.07, 6.45) is 1.63. The number of carbonyl (C=O) groups is 2. The van der Waals surface area contributed by atoms with Crippen molar-refractivity contribution in [3.05, 3.63) is 18.2 Å². The predicted octanol–water partition coefficient (Wildman–Crippen LogP) is 1.98. The van der Waals surface area contributed by atoms with Gasteiger partial charge in [0, 0.05) is 24.9 Å². The molecule has 1 saturated heterocycles. The lowest BCUT2D eigenvalue weighted by molar-refractivity contribution is -0.121. The Morgan fingerprint density at radius 3 is 2.68 bits per heavy atom. The van der Waals surface area contributed by atoms with Crippen LogP contribution in [0.1, 0.15) is 26.7 Å². The average Bonchev–Trinajstić information content (AvgIpc) is 2.48. The summed E-state index contributed by atoms with van der Waals surface area (Å²) in [5.74, 6) is 0.403. The van der Waals surface area contributed by atoms with E-state index in [0.29, 0.717) is 23.2 Å². The van der Waals surface area contributed by atoms with Gasteiger partial charge >= 0.3 is 0 Å². The van der Waals surface area contributed by atoms with Crippen molar-refractivity contribution in [2.75, 3.05) is 24.3 Å². The minimum atomic E-state index is -0.184. The highest BCUT2D eigenvalue weighted by molar-refractivity contribution is 6.00. The summed E-state index contributed by atoms with van der Waals surface area (Å²) in [6.45, 7) is 4.36. The molecule has 0 aromatic heterocycles. The second kappa shape index (κ2) is 7.26. The lowest BCUT2D eigenvalue weighted by Gasteiger charge is -2.27. The van der Waals surface area contributed by atoms with Crippen LogP contribution >= 0.6 is 0 Å². The van der Waals surface area contributed by atoms with Crippen LogP contribution in [0.4, 0.5) is 11.4 Å². The summed E-state index contributed by atoms with van der Waals surface area (Å²) in [6, 6.07) is 5.52. The fourth-order valence-electron chi connectivity index (χ4n) is 2.66. The number of ether oxygens (including phenoxy) is 1. The number of benzene rings is 1. The Bertz CT molecular complexity index is 560. The van der Waals surface area contributed by atoms with E-state index < -0.39 is 0 Å². The third-order valence-electron chi connectivity index (χ3n) is 3.79. The van der Waals surface area contributed by atoms with Gasteiger partial charge in [0.25, 0.3) is 0 Å². The zero-order valence-corrected chi connectivity index (χ0v) is 13.2. The summed E-state index contributed by atoms with van der Waals surface area (Å²) < 4.78 is 5.18. The van der Waals surface area contributed by atoms with Crippen LogP contribution in [0.5, 0.6) is 5.75 Å². The van der Waals surface area contributed by atoms with Gasteiger partial charge in [-0.3, -0.25) is 9.59 Å². The molecule has 120 valence electrons. The summed E-state index contributed by atoms with van der Waals surface area (Å²) in [5, 5.41) is 8.97. The van der Waals surface area contributed by atoms with Crippen LogP contribution in [-0.2, 0) is 9.59 Å². The van der Waals surface area contributed by atoms with Gasteiger partial charge in [-0.2, -0.15) is 0 Å². The third-order valence-corrected chi connectivity index (χ3v) is 3.79. The molecule has 0 aliphatic carbocycles. The van der Waals surface area contributed by atoms with Gasteiger partial charge < -0.3 is 20.7 Å². The van der Waals surface area contributed by atoms with Gasteiger partial charge in [0.1, 0.15) is 5.75 Å². The monoisotopic (exact) mass is 305 g/mol. The van der Waals surface area contributed by atoms with Crippen molar-refractivity contribution in [2.24, 2.45) is 5.92 Å². The zero-order valence-electron chi connectivity index (χ0n) is 13.2. The van der Waals surface area contributed by atoms with Crippen LogP contribution in [0.2, 0.25) is 0 Å². The molecule has 1 aromatic rings. The summed E-state index contributed by atoms with van der Waals surface area (Å²) in [7, 11) is 1.56. The predicted molar refractivity (Wildman–Crippen MR) is 86.1 cm³/mol. The number of hydrogen-bond acceptors (Lipinski definition) is 4. The van der Waals surface area contributed by atoms with E-state index in [1.165, 1.54) is 6.92 Å². The van der Waals surface area contributed by atoms with Crippen molar-refractivity contribution >= 4 is 23.2 Å². The number of piperidine rings is 1. The molecule has 1 heterocycles. The van der Waals surface area contributed by atoms with E-state index in [1.807, 2.05) is 0 Å². The van der Waals surface area contributed by atoms with Crippen LogP contribution in [0, 0.1) is 5.92 Å². The standard InChI is InChI=1S/C16H23N3O3/c1-10-8-12(6-7-17-10)16(21)19-15-9-13(22-3)4-5-14(15)18-11(2)20/h4-5,9-10,12,17H,6-8H2,1-3H3,(H,18,20)(H,19,21)/t10-,12-/m0/s1. The SMILES string of the molecule is COc1ccc(NC(C)=O)c(NC(=O)[C@H]2CCN[C@@H](C)C2)c1. The minimum absolute atomic E-state index is 0.0202. The smallest absolute Gasteiger partial charge is 0.227 e. The molecule has 1 aliphatic rings.